The molecule has 2 aliphatic carbocycles. The van der Waals surface area contributed by atoms with Crippen LogP contribution in [-0.2, 0) is 4.79 Å². The van der Waals surface area contributed by atoms with Gasteiger partial charge in [-0.2, -0.15) is 5.10 Å². The molecule has 0 radical (unpaired) electrons. The average molecular weight is 484 g/mol. The molecule has 0 saturated heterocycles. The molecule has 6 heteroatoms. The van der Waals surface area contributed by atoms with Gasteiger partial charge >= 0.3 is 5.97 Å². The smallest absolute Gasteiger partial charge is 0.306 e. The quantitative estimate of drug-likeness (QED) is 0.369. The summed E-state index contributed by atoms with van der Waals surface area (Å²) in [4.78, 5) is 24.7. The van der Waals surface area contributed by atoms with Crippen molar-refractivity contribution in [1.82, 2.24) is 15.1 Å². The van der Waals surface area contributed by atoms with E-state index in [9.17, 15) is 16.1 Å². The first-order valence-corrected chi connectivity index (χ1v) is 12.2. The van der Waals surface area contributed by atoms with E-state index in [0.29, 0.717) is 18.2 Å². The Balaban J connectivity index is 1.32. The summed E-state index contributed by atoms with van der Waals surface area (Å²) in [5, 5.41) is 17.1. The van der Waals surface area contributed by atoms with Crippen LogP contribution >= 0.6 is 0 Å². The van der Waals surface area contributed by atoms with E-state index in [0.717, 1.165) is 28.7 Å². The van der Waals surface area contributed by atoms with Gasteiger partial charge in [0.25, 0.3) is 5.91 Å². The summed E-state index contributed by atoms with van der Waals surface area (Å²) in [6.07, 6.45) is 4.21. The highest BCUT2D eigenvalue weighted by molar-refractivity contribution is 6.05. The molecule has 1 amide bonds. The molecular formula is C30H29N3O3. The second-order valence-electron chi connectivity index (χ2n) is 10.1. The van der Waals surface area contributed by atoms with Crippen molar-refractivity contribution in [2.24, 2.45) is 11.3 Å². The maximum Gasteiger partial charge on any atom is 0.306 e. The lowest BCUT2D eigenvalue weighted by Gasteiger charge is -2.56. The van der Waals surface area contributed by atoms with Gasteiger partial charge in [-0.3, -0.25) is 14.3 Å². The molecule has 2 aliphatic rings. The van der Waals surface area contributed by atoms with E-state index >= 15 is 0 Å². The number of para-hydroxylation sites is 1. The van der Waals surface area contributed by atoms with Crippen LogP contribution in [0.4, 0.5) is 0 Å². The van der Waals surface area contributed by atoms with E-state index in [4.69, 9.17) is 4.11 Å². The van der Waals surface area contributed by atoms with Gasteiger partial charge in [-0.25, -0.2) is 0 Å². The van der Waals surface area contributed by atoms with Crippen molar-refractivity contribution in [3.8, 4) is 11.1 Å². The normalized spacial score (nSPS) is 26.4. The monoisotopic (exact) mass is 483 g/mol. The number of benzene rings is 3. The first-order valence-electron chi connectivity index (χ1n) is 14.2. The summed E-state index contributed by atoms with van der Waals surface area (Å²) < 4.78 is 35.6. The second-order valence-corrected chi connectivity index (χ2v) is 10.1. The Morgan fingerprint density at radius 1 is 1.03 bits per heavy atom. The average Bonchev–Trinajstić information content (AvgIpc) is 3.33. The standard InChI is InChI=1S/C30H29N3O3/c1-19(20-10-12-22(13-11-20)21-6-3-2-4-7-21)33-27-23(18-31-33)8-5-9-26(27)28(34)32-25-16-30(17-25)14-24(15-30)29(35)36/h2-13,18-19,24-25H,14-17H2,1H3,(H,32,34)(H,35,36)/t19-,24?,25?,30?/m1/s1/i1D3,19D. The summed E-state index contributed by atoms with van der Waals surface area (Å²) >= 11 is 0. The fourth-order valence-electron chi connectivity index (χ4n) is 5.85. The van der Waals surface area contributed by atoms with Crippen molar-refractivity contribution in [2.45, 2.75) is 44.6 Å². The molecule has 6 nitrogen and oxygen atoms in total. The summed E-state index contributed by atoms with van der Waals surface area (Å²) in [5.74, 6) is -1.43. The van der Waals surface area contributed by atoms with Crippen LogP contribution in [0, 0.1) is 11.3 Å². The van der Waals surface area contributed by atoms with Crippen LogP contribution in [0.1, 0.15) is 60.0 Å². The second kappa shape index (κ2) is 8.63. The van der Waals surface area contributed by atoms with Gasteiger partial charge in [-0.15, -0.1) is 0 Å². The summed E-state index contributed by atoms with van der Waals surface area (Å²) in [6, 6.07) is 19.2. The van der Waals surface area contributed by atoms with E-state index in [1.54, 1.807) is 42.5 Å². The number of fused-ring (bicyclic) bond motifs is 1. The third-order valence-electron chi connectivity index (χ3n) is 7.72. The van der Waals surface area contributed by atoms with Crippen molar-refractivity contribution >= 4 is 22.8 Å². The van der Waals surface area contributed by atoms with Gasteiger partial charge in [0.1, 0.15) is 0 Å². The molecular weight excluding hydrogens is 450 g/mol. The van der Waals surface area contributed by atoms with E-state index in [1.165, 1.54) is 6.20 Å². The zero-order chi connectivity index (χ0) is 28.3. The van der Waals surface area contributed by atoms with Crippen molar-refractivity contribution in [3.05, 3.63) is 90.1 Å². The molecule has 1 aromatic heterocycles. The zero-order valence-electron chi connectivity index (χ0n) is 23.6. The number of carbonyl (C=O) groups excluding carboxylic acids is 1. The molecule has 0 bridgehead atoms. The Morgan fingerprint density at radius 2 is 1.75 bits per heavy atom. The zero-order valence-corrected chi connectivity index (χ0v) is 19.6. The summed E-state index contributed by atoms with van der Waals surface area (Å²) in [5.41, 5.74) is 2.61. The molecule has 2 N–H and O–H groups in total. The predicted molar refractivity (Wildman–Crippen MR) is 139 cm³/mol. The Kier molecular flexibility index (Phi) is 4.40. The first kappa shape index (κ1) is 18.4. The van der Waals surface area contributed by atoms with Gasteiger partial charge in [-0.1, -0.05) is 66.7 Å². The molecule has 1 heterocycles. The van der Waals surface area contributed by atoms with Crippen LogP contribution in [0.15, 0.2) is 79.0 Å². The van der Waals surface area contributed by atoms with E-state index in [1.807, 2.05) is 30.3 Å². The first-order chi connectivity index (χ1) is 19.0. The van der Waals surface area contributed by atoms with Gasteiger partial charge in [-0.05, 0) is 60.7 Å². The Bertz CT molecular complexity index is 1590. The number of carboxylic acids is 1. The lowest BCUT2D eigenvalue weighted by Crippen LogP contribution is -2.57. The van der Waals surface area contributed by atoms with Gasteiger partial charge in [0.2, 0.25) is 0 Å². The maximum absolute atomic E-state index is 13.5. The molecule has 0 aliphatic heterocycles. The minimum Gasteiger partial charge on any atom is -0.481 e. The minimum absolute atomic E-state index is 0.00170. The molecule has 2 fully saturated rings. The maximum atomic E-state index is 13.5. The fraction of sp³-hybridized carbons (Fsp3) is 0.300. The van der Waals surface area contributed by atoms with Crippen LogP contribution in [0.5, 0.6) is 0 Å². The number of carbonyl (C=O) groups is 2. The molecule has 2 saturated carbocycles. The number of hydrogen-bond donors (Lipinski definition) is 2. The fourth-order valence-corrected chi connectivity index (χ4v) is 5.85. The number of rotatable bonds is 6. The van der Waals surface area contributed by atoms with E-state index < -0.39 is 18.8 Å². The Morgan fingerprint density at radius 3 is 2.44 bits per heavy atom. The van der Waals surface area contributed by atoms with Crippen LogP contribution in [0.25, 0.3) is 22.0 Å². The largest absolute Gasteiger partial charge is 0.481 e. The highest BCUT2D eigenvalue weighted by atomic mass is 16.4. The highest BCUT2D eigenvalue weighted by Crippen LogP contribution is 2.58. The van der Waals surface area contributed by atoms with E-state index in [2.05, 4.69) is 10.4 Å². The number of carboxylic acid groups (broad SMARTS) is 1. The third-order valence-corrected chi connectivity index (χ3v) is 7.72. The molecule has 182 valence electrons. The number of nitrogens with zero attached hydrogens (tertiary/aromatic N) is 2. The molecule has 3 aromatic carbocycles. The molecule has 0 unspecified atom stereocenters. The molecule has 4 aromatic rings. The Hall–Kier alpha value is -3.93. The third kappa shape index (κ3) is 3.87. The molecule has 36 heavy (non-hydrogen) atoms. The van der Waals surface area contributed by atoms with Gasteiger partial charge in [0.15, 0.2) is 0 Å². The number of nitrogens with one attached hydrogen (secondary N) is 1. The lowest BCUT2D eigenvalue weighted by molar-refractivity contribution is -0.155. The predicted octanol–water partition coefficient (Wildman–Crippen LogP) is 5.69. The van der Waals surface area contributed by atoms with Crippen LogP contribution < -0.4 is 5.32 Å². The Labute approximate surface area is 215 Å². The van der Waals surface area contributed by atoms with Crippen LogP contribution in [0.2, 0.25) is 0 Å². The van der Waals surface area contributed by atoms with E-state index in [-0.39, 0.29) is 39.9 Å². The summed E-state index contributed by atoms with van der Waals surface area (Å²) in [7, 11) is 0. The van der Waals surface area contributed by atoms with Gasteiger partial charge in [0.05, 0.1) is 30.6 Å². The van der Waals surface area contributed by atoms with Gasteiger partial charge < -0.3 is 10.4 Å². The van der Waals surface area contributed by atoms with Gasteiger partial charge in [0, 0.05) is 15.5 Å². The van der Waals surface area contributed by atoms with Crippen molar-refractivity contribution in [1.29, 1.82) is 0 Å². The van der Waals surface area contributed by atoms with Crippen molar-refractivity contribution in [2.75, 3.05) is 0 Å². The number of amides is 1. The minimum atomic E-state index is -2.81. The van der Waals surface area contributed by atoms with Crippen molar-refractivity contribution in [3.63, 3.8) is 0 Å². The number of hydrogen-bond acceptors (Lipinski definition) is 3. The molecule has 6 rings (SSSR count). The highest BCUT2D eigenvalue weighted by Gasteiger charge is 2.55. The number of aromatic nitrogens is 2. The van der Waals surface area contributed by atoms with Crippen LogP contribution in [0.3, 0.4) is 0 Å². The lowest BCUT2D eigenvalue weighted by atomic mass is 9.50. The molecule has 1 atom stereocenters. The summed E-state index contributed by atoms with van der Waals surface area (Å²) in [6.45, 7) is -2.81. The topological polar surface area (TPSA) is 84.2 Å². The molecule has 1 spiro atoms. The van der Waals surface area contributed by atoms with Crippen molar-refractivity contribution < 1.29 is 20.2 Å². The van der Waals surface area contributed by atoms with Crippen LogP contribution in [-0.4, -0.2) is 32.8 Å². The SMILES string of the molecule is [2H]C([2H])([2H])[C@]([2H])(c1ccc(-c2ccccc2)cc1)n1ncc2cccc(C(=O)NC3CC4(C3)CC(C(=O)O)C4)c21. The number of aliphatic carboxylic acids is 1.